The minimum atomic E-state index is -0.413. The Hall–Kier alpha value is -1.62. The van der Waals surface area contributed by atoms with Gasteiger partial charge in [-0.2, -0.15) is 0 Å². The number of nitrogens with one attached hydrogen (secondary N) is 1. The minimum absolute atomic E-state index is 0.413. The van der Waals surface area contributed by atoms with Crippen molar-refractivity contribution in [1.82, 2.24) is 10.3 Å². The molecule has 1 amide bonds. The number of carbonyl (C=O) groups excluding carboxylic acids is 1. The fraction of sp³-hybridized carbons (Fsp3) is 0.600. The number of carbonyl (C=O) groups is 1. The Kier molecular flexibility index (Phi) is 4.60. The fourth-order valence-electron chi connectivity index (χ4n) is 2.72. The van der Waals surface area contributed by atoms with E-state index in [1.807, 2.05) is 27.0 Å². The van der Waals surface area contributed by atoms with Crippen molar-refractivity contribution in [3.05, 3.63) is 22.9 Å². The molecule has 0 aromatic carbocycles. The molecule has 1 atom stereocenters. The Bertz CT molecular complexity index is 495. The predicted octanol–water partition coefficient (Wildman–Crippen LogP) is 1.23. The number of nitrogens with two attached hydrogens (primary N) is 1. The van der Waals surface area contributed by atoms with Gasteiger partial charge in [-0.25, -0.2) is 4.98 Å². The van der Waals surface area contributed by atoms with Crippen molar-refractivity contribution in [1.29, 1.82) is 0 Å². The number of aryl methyl sites for hydroxylation is 2. The molecular weight excluding hydrogens is 252 g/mol. The van der Waals surface area contributed by atoms with Crippen molar-refractivity contribution in [3.8, 4) is 0 Å². The second-order valence-corrected chi connectivity index (χ2v) is 5.72. The van der Waals surface area contributed by atoms with Crippen LogP contribution in [0, 0.1) is 19.8 Å². The highest BCUT2D eigenvalue weighted by molar-refractivity contribution is 5.98. The average molecular weight is 276 g/mol. The molecular formula is C15H24N4O. The van der Waals surface area contributed by atoms with Crippen molar-refractivity contribution in [2.75, 3.05) is 31.6 Å². The first-order valence-corrected chi connectivity index (χ1v) is 7.19. The highest BCUT2D eigenvalue weighted by Gasteiger charge is 2.20. The van der Waals surface area contributed by atoms with Crippen LogP contribution in [0.3, 0.4) is 0 Å². The normalized spacial score (nSPS) is 18.9. The largest absolute Gasteiger partial charge is 0.365 e. The van der Waals surface area contributed by atoms with Gasteiger partial charge in [0.25, 0.3) is 5.91 Å². The summed E-state index contributed by atoms with van der Waals surface area (Å²) in [7, 11) is 1.98. The van der Waals surface area contributed by atoms with Crippen LogP contribution in [-0.4, -0.2) is 37.6 Å². The second-order valence-electron chi connectivity index (χ2n) is 5.72. The van der Waals surface area contributed by atoms with E-state index in [0.29, 0.717) is 17.3 Å². The summed E-state index contributed by atoms with van der Waals surface area (Å²) in [6.45, 7) is 6.93. The maximum atomic E-state index is 11.6. The number of piperidine rings is 1. The molecule has 1 fully saturated rings. The Morgan fingerprint density at radius 2 is 2.30 bits per heavy atom. The fourth-order valence-corrected chi connectivity index (χ4v) is 2.72. The average Bonchev–Trinajstić information content (AvgIpc) is 2.42. The number of hydrogen-bond donors (Lipinski definition) is 2. The summed E-state index contributed by atoms with van der Waals surface area (Å²) in [5.74, 6) is 0.883. The molecule has 20 heavy (non-hydrogen) atoms. The number of rotatable bonds is 4. The number of pyridine rings is 1. The van der Waals surface area contributed by atoms with E-state index >= 15 is 0 Å². The Morgan fingerprint density at radius 1 is 1.55 bits per heavy atom. The zero-order chi connectivity index (χ0) is 14.7. The maximum Gasteiger partial charge on any atom is 0.252 e. The molecule has 0 bridgehead atoms. The molecule has 1 saturated heterocycles. The zero-order valence-corrected chi connectivity index (χ0v) is 12.6. The summed E-state index contributed by atoms with van der Waals surface area (Å²) >= 11 is 0. The van der Waals surface area contributed by atoms with Gasteiger partial charge in [0, 0.05) is 19.3 Å². The van der Waals surface area contributed by atoms with Crippen molar-refractivity contribution >= 4 is 11.7 Å². The van der Waals surface area contributed by atoms with Gasteiger partial charge in [0.05, 0.1) is 5.56 Å². The van der Waals surface area contributed by atoms with Gasteiger partial charge < -0.3 is 16.0 Å². The molecule has 2 rings (SSSR count). The van der Waals surface area contributed by atoms with Crippen LogP contribution >= 0.6 is 0 Å². The van der Waals surface area contributed by atoms with Crippen LogP contribution in [0.15, 0.2) is 6.07 Å². The molecule has 1 aromatic heterocycles. The van der Waals surface area contributed by atoms with Gasteiger partial charge in [0.2, 0.25) is 0 Å². The molecule has 2 heterocycles. The molecule has 0 spiro atoms. The van der Waals surface area contributed by atoms with Crippen molar-refractivity contribution in [2.24, 2.45) is 11.7 Å². The first kappa shape index (κ1) is 14.8. The topological polar surface area (TPSA) is 71.2 Å². The highest BCUT2D eigenvalue weighted by Crippen LogP contribution is 2.22. The molecule has 1 aliphatic rings. The van der Waals surface area contributed by atoms with Crippen LogP contribution in [0.5, 0.6) is 0 Å². The van der Waals surface area contributed by atoms with Crippen molar-refractivity contribution in [3.63, 3.8) is 0 Å². The number of hydrogen-bond acceptors (Lipinski definition) is 4. The lowest BCUT2D eigenvalue weighted by Gasteiger charge is -2.29. The van der Waals surface area contributed by atoms with Gasteiger partial charge in [0.1, 0.15) is 5.82 Å². The van der Waals surface area contributed by atoms with Gasteiger partial charge in [-0.1, -0.05) is 0 Å². The number of nitrogens with zero attached hydrogens (tertiary/aromatic N) is 2. The minimum Gasteiger partial charge on any atom is -0.365 e. The van der Waals surface area contributed by atoms with Crippen molar-refractivity contribution < 1.29 is 4.79 Å². The third-order valence-corrected chi connectivity index (χ3v) is 4.00. The molecule has 1 aliphatic heterocycles. The lowest BCUT2D eigenvalue weighted by molar-refractivity contribution is 0.100. The van der Waals surface area contributed by atoms with E-state index in [0.717, 1.165) is 30.9 Å². The van der Waals surface area contributed by atoms with Gasteiger partial charge in [-0.05, 0) is 57.3 Å². The van der Waals surface area contributed by atoms with E-state index in [9.17, 15) is 4.79 Å². The van der Waals surface area contributed by atoms with E-state index in [-0.39, 0.29) is 0 Å². The number of aromatic nitrogens is 1. The summed E-state index contributed by atoms with van der Waals surface area (Å²) < 4.78 is 0. The van der Waals surface area contributed by atoms with Crippen LogP contribution in [0.2, 0.25) is 0 Å². The molecule has 1 aromatic rings. The van der Waals surface area contributed by atoms with Crippen LogP contribution in [0.4, 0.5) is 5.82 Å². The van der Waals surface area contributed by atoms with Gasteiger partial charge in [-0.15, -0.1) is 0 Å². The van der Waals surface area contributed by atoms with Gasteiger partial charge in [0.15, 0.2) is 0 Å². The van der Waals surface area contributed by atoms with Crippen LogP contribution < -0.4 is 16.0 Å². The van der Waals surface area contributed by atoms with E-state index in [1.165, 1.54) is 12.8 Å². The third-order valence-electron chi connectivity index (χ3n) is 4.00. The molecule has 0 saturated carbocycles. The van der Waals surface area contributed by atoms with E-state index in [4.69, 9.17) is 5.73 Å². The molecule has 110 valence electrons. The summed E-state index contributed by atoms with van der Waals surface area (Å²) in [6.07, 6.45) is 2.43. The molecule has 3 N–H and O–H groups in total. The van der Waals surface area contributed by atoms with E-state index in [2.05, 4.69) is 15.2 Å². The SMILES string of the molecule is Cc1cc(C(N)=O)c(N(C)C[C@H]2CCCNC2)nc1C. The summed E-state index contributed by atoms with van der Waals surface area (Å²) in [4.78, 5) is 18.2. The molecule has 5 nitrogen and oxygen atoms in total. The first-order chi connectivity index (χ1) is 9.49. The standard InChI is InChI=1S/C15H24N4O/c1-10-7-13(14(16)20)15(18-11(10)2)19(3)9-12-5-4-6-17-8-12/h7,12,17H,4-6,8-9H2,1-3H3,(H2,16,20)/t12-/m0/s1. The van der Waals surface area contributed by atoms with Crippen LogP contribution in [0.1, 0.15) is 34.5 Å². The Balaban J connectivity index is 2.21. The zero-order valence-electron chi connectivity index (χ0n) is 12.6. The Labute approximate surface area is 120 Å². The van der Waals surface area contributed by atoms with Crippen LogP contribution in [-0.2, 0) is 0 Å². The van der Waals surface area contributed by atoms with Crippen molar-refractivity contribution in [2.45, 2.75) is 26.7 Å². The van der Waals surface area contributed by atoms with Gasteiger partial charge >= 0.3 is 0 Å². The maximum absolute atomic E-state index is 11.6. The lowest BCUT2D eigenvalue weighted by atomic mass is 9.99. The number of amides is 1. The third kappa shape index (κ3) is 3.28. The summed E-state index contributed by atoms with van der Waals surface area (Å²) in [5.41, 5.74) is 7.94. The summed E-state index contributed by atoms with van der Waals surface area (Å²) in [6, 6.07) is 1.84. The smallest absolute Gasteiger partial charge is 0.252 e. The molecule has 0 aliphatic carbocycles. The number of primary amides is 1. The first-order valence-electron chi connectivity index (χ1n) is 7.19. The quantitative estimate of drug-likeness (QED) is 0.868. The lowest BCUT2D eigenvalue weighted by Crippen LogP contribution is -2.37. The molecule has 0 unspecified atom stereocenters. The summed E-state index contributed by atoms with van der Waals surface area (Å²) in [5, 5.41) is 3.41. The van der Waals surface area contributed by atoms with E-state index in [1.54, 1.807) is 0 Å². The Morgan fingerprint density at radius 3 is 2.90 bits per heavy atom. The van der Waals surface area contributed by atoms with Gasteiger partial charge in [-0.3, -0.25) is 4.79 Å². The second kappa shape index (κ2) is 6.22. The molecule has 0 radical (unpaired) electrons. The highest BCUT2D eigenvalue weighted by atomic mass is 16.1. The monoisotopic (exact) mass is 276 g/mol. The van der Waals surface area contributed by atoms with E-state index < -0.39 is 5.91 Å². The predicted molar refractivity (Wildman–Crippen MR) is 81.1 cm³/mol. The number of anilines is 1. The van der Waals surface area contributed by atoms with Crippen LogP contribution in [0.25, 0.3) is 0 Å². The molecule has 5 heteroatoms.